The van der Waals surface area contributed by atoms with Crippen LogP contribution in [-0.2, 0) is 0 Å². The van der Waals surface area contributed by atoms with Crippen molar-refractivity contribution < 1.29 is 14.7 Å². The topological polar surface area (TPSA) is 83.7 Å². The van der Waals surface area contributed by atoms with Gasteiger partial charge in [0.25, 0.3) is 5.91 Å². The van der Waals surface area contributed by atoms with Gasteiger partial charge in [0, 0.05) is 10.7 Å². The summed E-state index contributed by atoms with van der Waals surface area (Å²) in [5, 5.41) is 11.8. The van der Waals surface area contributed by atoms with Crippen molar-refractivity contribution in [2.24, 2.45) is 0 Å². The van der Waals surface area contributed by atoms with Gasteiger partial charge in [-0.2, -0.15) is 0 Å². The fourth-order valence-electron chi connectivity index (χ4n) is 2.37. The van der Waals surface area contributed by atoms with Crippen LogP contribution in [0.1, 0.15) is 26.5 Å². The van der Waals surface area contributed by atoms with Crippen LogP contribution in [-0.4, -0.2) is 26.4 Å². The minimum absolute atomic E-state index is 0.0357. The van der Waals surface area contributed by atoms with Crippen LogP contribution in [0.2, 0.25) is 0 Å². The van der Waals surface area contributed by atoms with Crippen molar-refractivity contribution in [2.75, 3.05) is 5.32 Å². The first kappa shape index (κ1) is 15.2. The van der Waals surface area contributed by atoms with Crippen molar-refractivity contribution >= 4 is 39.1 Å². The summed E-state index contributed by atoms with van der Waals surface area (Å²) < 4.78 is 2.47. The molecule has 3 aromatic rings. The highest BCUT2D eigenvalue weighted by atomic mass is 79.9. The second kappa shape index (κ2) is 5.85. The van der Waals surface area contributed by atoms with Gasteiger partial charge in [0.15, 0.2) is 0 Å². The molecule has 0 aliphatic rings. The van der Waals surface area contributed by atoms with E-state index in [2.05, 4.69) is 26.2 Å². The minimum atomic E-state index is -1.10. The number of carboxylic acids is 1. The van der Waals surface area contributed by atoms with Crippen molar-refractivity contribution in [3.05, 3.63) is 64.0 Å². The average Bonchev–Trinajstić information content (AvgIpc) is 2.82. The maximum Gasteiger partial charge on any atom is 0.337 e. The van der Waals surface area contributed by atoms with E-state index in [0.29, 0.717) is 17.0 Å². The first-order chi connectivity index (χ1) is 11.0. The Hall–Kier alpha value is -2.67. The lowest BCUT2D eigenvalue weighted by Crippen LogP contribution is -2.17. The molecule has 0 spiro atoms. The number of aryl methyl sites for hydroxylation is 1. The summed E-state index contributed by atoms with van der Waals surface area (Å²) in [6.07, 6.45) is 1.74. The molecule has 0 fully saturated rings. The number of hydrogen-bond donors (Lipinski definition) is 2. The van der Waals surface area contributed by atoms with E-state index in [4.69, 9.17) is 0 Å². The highest BCUT2D eigenvalue weighted by Crippen LogP contribution is 2.20. The van der Waals surface area contributed by atoms with Crippen molar-refractivity contribution in [3.63, 3.8) is 0 Å². The van der Waals surface area contributed by atoms with Crippen LogP contribution in [0.4, 0.5) is 5.69 Å². The number of carboxylic acid groups (broad SMARTS) is 1. The largest absolute Gasteiger partial charge is 0.478 e. The van der Waals surface area contributed by atoms with E-state index >= 15 is 0 Å². The summed E-state index contributed by atoms with van der Waals surface area (Å²) in [5.41, 5.74) is 1.85. The molecule has 2 heterocycles. The number of carbonyl (C=O) groups excluding carboxylic acids is 1. The lowest BCUT2D eigenvalue weighted by Gasteiger charge is -2.09. The van der Waals surface area contributed by atoms with Gasteiger partial charge in [-0.15, -0.1) is 0 Å². The summed E-state index contributed by atoms with van der Waals surface area (Å²) in [4.78, 5) is 28.2. The molecule has 6 nitrogen and oxygen atoms in total. The molecule has 116 valence electrons. The highest BCUT2D eigenvalue weighted by Gasteiger charge is 2.19. The third kappa shape index (κ3) is 2.83. The first-order valence-corrected chi connectivity index (χ1v) is 7.54. The number of aromatic nitrogens is 2. The molecule has 3 rings (SSSR count). The van der Waals surface area contributed by atoms with Crippen molar-refractivity contribution in [2.45, 2.75) is 6.92 Å². The lowest BCUT2D eigenvalue weighted by molar-refractivity contribution is 0.0698. The van der Waals surface area contributed by atoms with Gasteiger partial charge in [-0.05, 0) is 47.1 Å². The molecule has 0 radical (unpaired) electrons. The van der Waals surface area contributed by atoms with Gasteiger partial charge in [-0.1, -0.05) is 12.1 Å². The molecule has 2 N–H and O–H groups in total. The maximum absolute atomic E-state index is 12.6. The number of amides is 1. The summed E-state index contributed by atoms with van der Waals surface area (Å²) in [5.74, 6) is -1.51. The van der Waals surface area contributed by atoms with Gasteiger partial charge in [0.05, 0.1) is 16.9 Å². The van der Waals surface area contributed by atoms with Crippen LogP contribution >= 0.6 is 15.9 Å². The number of nitrogens with zero attached hydrogens (tertiary/aromatic N) is 2. The van der Waals surface area contributed by atoms with Crippen molar-refractivity contribution in [1.29, 1.82) is 0 Å². The molecule has 0 aliphatic carbocycles. The molecule has 0 unspecified atom stereocenters. The Bertz CT molecular complexity index is 933. The summed E-state index contributed by atoms with van der Waals surface area (Å²) in [7, 11) is 0. The van der Waals surface area contributed by atoms with Crippen LogP contribution < -0.4 is 5.32 Å². The van der Waals surface area contributed by atoms with E-state index < -0.39 is 11.9 Å². The van der Waals surface area contributed by atoms with E-state index in [0.717, 1.165) is 4.47 Å². The SMILES string of the molecule is Cc1nc2ccc(Br)cn2c1C(=O)Nc1ccccc1C(=O)O. The van der Waals surface area contributed by atoms with Crippen LogP contribution in [0.15, 0.2) is 47.1 Å². The second-order valence-electron chi connectivity index (χ2n) is 4.93. The number of hydrogen-bond acceptors (Lipinski definition) is 3. The zero-order chi connectivity index (χ0) is 16.6. The van der Waals surface area contributed by atoms with Gasteiger partial charge < -0.3 is 10.4 Å². The molecule has 0 atom stereocenters. The van der Waals surface area contributed by atoms with Gasteiger partial charge in [-0.25, -0.2) is 9.78 Å². The van der Waals surface area contributed by atoms with Crippen LogP contribution in [0.5, 0.6) is 0 Å². The summed E-state index contributed by atoms with van der Waals surface area (Å²) in [6.45, 7) is 1.74. The number of benzene rings is 1. The number of nitrogens with one attached hydrogen (secondary N) is 1. The van der Waals surface area contributed by atoms with E-state index in [1.54, 1.807) is 41.8 Å². The van der Waals surface area contributed by atoms with E-state index in [1.165, 1.54) is 6.07 Å². The molecule has 23 heavy (non-hydrogen) atoms. The van der Waals surface area contributed by atoms with E-state index in [-0.39, 0.29) is 11.3 Å². The Morgan fingerprint density at radius 1 is 1.22 bits per heavy atom. The van der Waals surface area contributed by atoms with Gasteiger partial charge in [0.2, 0.25) is 0 Å². The van der Waals surface area contributed by atoms with Gasteiger partial charge in [-0.3, -0.25) is 9.20 Å². The lowest BCUT2D eigenvalue weighted by atomic mass is 10.1. The number of halogens is 1. The molecular formula is C16H12BrN3O3. The van der Waals surface area contributed by atoms with Crippen LogP contribution in [0.3, 0.4) is 0 Å². The van der Waals surface area contributed by atoms with E-state index in [9.17, 15) is 14.7 Å². The standard InChI is InChI=1S/C16H12BrN3O3/c1-9-14(20-8-10(17)6-7-13(20)18-9)15(21)19-12-5-3-2-4-11(12)16(22)23/h2-8H,1H3,(H,19,21)(H,22,23). The minimum Gasteiger partial charge on any atom is -0.478 e. The zero-order valence-corrected chi connectivity index (χ0v) is 13.7. The first-order valence-electron chi connectivity index (χ1n) is 6.75. The predicted molar refractivity (Wildman–Crippen MR) is 89.0 cm³/mol. The van der Waals surface area contributed by atoms with Crippen LogP contribution in [0, 0.1) is 6.92 Å². The van der Waals surface area contributed by atoms with Gasteiger partial charge >= 0.3 is 5.97 Å². The normalized spacial score (nSPS) is 10.7. The number of imidazole rings is 1. The Morgan fingerprint density at radius 3 is 2.70 bits per heavy atom. The van der Waals surface area contributed by atoms with Crippen LogP contribution in [0.25, 0.3) is 5.65 Å². The molecule has 0 aliphatic heterocycles. The number of rotatable bonds is 3. The number of pyridine rings is 1. The molecular weight excluding hydrogens is 362 g/mol. The third-order valence-electron chi connectivity index (χ3n) is 3.38. The maximum atomic E-state index is 12.6. The van der Waals surface area contributed by atoms with Crippen molar-refractivity contribution in [1.82, 2.24) is 9.38 Å². The highest BCUT2D eigenvalue weighted by molar-refractivity contribution is 9.10. The molecule has 0 saturated heterocycles. The van der Waals surface area contributed by atoms with Crippen molar-refractivity contribution in [3.8, 4) is 0 Å². The predicted octanol–water partition coefficient (Wildman–Crippen LogP) is 3.36. The molecule has 1 amide bonds. The average molecular weight is 374 g/mol. The Morgan fingerprint density at radius 2 is 1.96 bits per heavy atom. The Balaban J connectivity index is 2.04. The van der Waals surface area contributed by atoms with Gasteiger partial charge in [0.1, 0.15) is 11.3 Å². The number of carbonyl (C=O) groups is 2. The quantitative estimate of drug-likeness (QED) is 0.737. The molecule has 7 heteroatoms. The zero-order valence-electron chi connectivity index (χ0n) is 12.1. The summed E-state index contributed by atoms with van der Waals surface area (Å²) in [6, 6.07) is 9.89. The fourth-order valence-corrected chi connectivity index (χ4v) is 2.71. The number of para-hydroxylation sites is 1. The number of aromatic carboxylic acids is 1. The molecule has 0 saturated carbocycles. The second-order valence-corrected chi connectivity index (χ2v) is 5.84. The number of anilines is 1. The molecule has 2 aromatic heterocycles. The Labute approximate surface area is 139 Å². The summed E-state index contributed by atoms with van der Waals surface area (Å²) >= 11 is 3.36. The molecule has 1 aromatic carbocycles. The Kier molecular flexibility index (Phi) is 3.87. The molecule has 0 bridgehead atoms. The third-order valence-corrected chi connectivity index (χ3v) is 3.85. The monoisotopic (exact) mass is 373 g/mol. The smallest absolute Gasteiger partial charge is 0.337 e. The fraction of sp³-hybridized carbons (Fsp3) is 0.0625. The number of fused-ring (bicyclic) bond motifs is 1. The van der Waals surface area contributed by atoms with E-state index in [1.807, 2.05) is 6.07 Å².